The van der Waals surface area contributed by atoms with Gasteiger partial charge in [0.15, 0.2) is 0 Å². The van der Waals surface area contributed by atoms with Gasteiger partial charge in [-0.1, -0.05) is 18.2 Å². The van der Waals surface area contributed by atoms with Crippen LogP contribution in [0.4, 0.5) is 11.4 Å². The molecule has 104 valence electrons. The summed E-state index contributed by atoms with van der Waals surface area (Å²) in [5, 5.41) is 6.92. The molecule has 0 unspecified atom stereocenters. The lowest BCUT2D eigenvalue weighted by atomic mass is 10.1. The lowest BCUT2D eigenvalue weighted by molar-refractivity contribution is 0.412. The van der Waals surface area contributed by atoms with Crippen LogP contribution in [-0.4, -0.2) is 13.7 Å². The maximum Gasteiger partial charge on any atom is 0.135 e. The van der Waals surface area contributed by atoms with Gasteiger partial charge in [0.2, 0.25) is 0 Å². The third-order valence-corrected chi connectivity index (χ3v) is 4.22. The van der Waals surface area contributed by atoms with Gasteiger partial charge in [0.1, 0.15) is 5.75 Å². The number of benzene rings is 2. The minimum Gasteiger partial charge on any atom is -0.495 e. The maximum absolute atomic E-state index is 5.31. The minimum atomic E-state index is 0.807. The molecule has 0 bridgehead atoms. The van der Waals surface area contributed by atoms with E-state index in [1.807, 2.05) is 18.2 Å². The van der Waals surface area contributed by atoms with Gasteiger partial charge in [0.25, 0.3) is 0 Å². The number of para-hydroxylation sites is 1. The molecule has 0 atom stereocenters. The molecule has 2 aromatic carbocycles. The highest BCUT2D eigenvalue weighted by Gasteiger charge is 2.13. The Kier molecular flexibility index (Phi) is 3.83. The Labute approximate surface area is 127 Å². The Morgan fingerprint density at radius 3 is 3.05 bits per heavy atom. The molecule has 0 aromatic heterocycles. The number of hydrogen-bond acceptors (Lipinski definition) is 3. The van der Waals surface area contributed by atoms with Crippen LogP contribution in [0.5, 0.6) is 5.75 Å². The number of anilines is 2. The third-order valence-electron chi connectivity index (χ3n) is 3.57. The van der Waals surface area contributed by atoms with E-state index in [0.29, 0.717) is 0 Å². The molecule has 2 aromatic rings. The van der Waals surface area contributed by atoms with E-state index < -0.39 is 0 Å². The Hall–Kier alpha value is -1.68. The molecule has 0 saturated carbocycles. The summed E-state index contributed by atoms with van der Waals surface area (Å²) < 4.78 is 6.28. The molecule has 0 spiro atoms. The average molecular weight is 333 g/mol. The molecule has 3 rings (SSSR count). The van der Waals surface area contributed by atoms with Crippen LogP contribution in [0.1, 0.15) is 11.1 Å². The van der Waals surface area contributed by atoms with Crippen LogP contribution >= 0.6 is 15.9 Å². The first-order valence-corrected chi connectivity index (χ1v) is 7.49. The van der Waals surface area contributed by atoms with Crippen molar-refractivity contribution in [3.63, 3.8) is 0 Å². The van der Waals surface area contributed by atoms with Crippen LogP contribution in [-0.2, 0) is 13.0 Å². The molecule has 0 saturated heterocycles. The van der Waals surface area contributed by atoms with Crippen LogP contribution in [0, 0.1) is 0 Å². The molecule has 0 aliphatic carbocycles. The zero-order chi connectivity index (χ0) is 13.9. The van der Waals surface area contributed by atoms with Crippen LogP contribution in [0.2, 0.25) is 0 Å². The van der Waals surface area contributed by atoms with Crippen molar-refractivity contribution >= 4 is 27.3 Å². The van der Waals surface area contributed by atoms with Crippen molar-refractivity contribution in [1.82, 2.24) is 0 Å². The average Bonchev–Trinajstić information content (AvgIpc) is 2.95. The van der Waals surface area contributed by atoms with Gasteiger partial charge >= 0.3 is 0 Å². The normalized spacial score (nSPS) is 12.7. The fraction of sp³-hybridized carbons (Fsp3) is 0.250. The summed E-state index contributed by atoms with van der Waals surface area (Å²) in [5.41, 5.74) is 5.07. The molecule has 3 nitrogen and oxygen atoms in total. The highest BCUT2D eigenvalue weighted by atomic mass is 79.9. The second-order valence-corrected chi connectivity index (χ2v) is 5.69. The van der Waals surface area contributed by atoms with Crippen molar-refractivity contribution < 1.29 is 4.74 Å². The van der Waals surface area contributed by atoms with Crippen molar-refractivity contribution in [3.05, 3.63) is 52.0 Å². The maximum atomic E-state index is 5.31. The number of ether oxygens (including phenoxy) is 1. The molecule has 1 aliphatic rings. The van der Waals surface area contributed by atoms with Gasteiger partial charge in [-0.15, -0.1) is 0 Å². The van der Waals surface area contributed by atoms with Gasteiger partial charge in [-0.3, -0.25) is 0 Å². The molecule has 0 radical (unpaired) electrons. The van der Waals surface area contributed by atoms with E-state index in [1.54, 1.807) is 7.11 Å². The number of halogens is 1. The van der Waals surface area contributed by atoms with Crippen LogP contribution in [0.25, 0.3) is 0 Å². The number of nitrogens with one attached hydrogen (secondary N) is 2. The topological polar surface area (TPSA) is 33.3 Å². The van der Waals surface area contributed by atoms with Gasteiger partial charge < -0.3 is 15.4 Å². The van der Waals surface area contributed by atoms with E-state index in [2.05, 4.69) is 44.8 Å². The Morgan fingerprint density at radius 2 is 2.20 bits per heavy atom. The second-order valence-electron chi connectivity index (χ2n) is 4.83. The highest BCUT2D eigenvalue weighted by molar-refractivity contribution is 9.10. The monoisotopic (exact) mass is 332 g/mol. The van der Waals surface area contributed by atoms with Crippen molar-refractivity contribution in [2.45, 2.75) is 13.0 Å². The third kappa shape index (κ3) is 2.61. The first kappa shape index (κ1) is 13.3. The Bertz CT molecular complexity index is 628. The van der Waals surface area contributed by atoms with Crippen molar-refractivity contribution in [2.75, 3.05) is 24.3 Å². The summed E-state index contributed by atoms with van der Waals surface area (Å²) in [6.07, 6.45) is 1.12. The standard InChI is InChI=1S/C16H17BrN2O/c1-20-15-9-13(5-6-14(15)17)19-10-12-4-2-3-11-7-8-18-16(11)12/h2-6,9,18-19H,7-8,10H2,1H3. The Balaban J connectivity index is 1.75. The summed E-state index contributed by atoms with van der Waals surface area (Å²) in [5.74, 6) is 0.839. The molecule has 0 fully saturated rings. The first-order chi connectivity index (χ1) is 9.78. The zero-order valence-electron chi connectivity index (χ0n) is 11.4. The predicted octanol–water partition coefficient (Wildman–Crippen LogP) is 4.04. The fourth-order valence-electron chi connectivity index (χ4n) is 2.53. The molecule has 2 N–H and O–H groups in total. The predicted molar refractivity (Wildman–Crippen MR) is 86.7 cm³/mol. The summed E-state index contributed by atoms with van der Waals surface area (Å²) in [7, 11) is 1.68. The summed E-state index contributed by atoms with van der Waals surface area (Å²) >= 11 is 3.46. The van der Waals surface area contributed by atoms with Crippen molar-refractivity contribution in [2.24, 2.45) is 0 Å². The summed E-state index contributed by atoms with van der Waals surface area (Å²) in [4.78, 5) is 0. The fourth-order valence-corrected chi connectivity index (χ4v) is 2.93. The molecule has 4 heteroatoms. The van der Waals surface area contributed by atoms with Crippen molar-refractivity contribution in [3.8, 4) is 5.75 Å². The van der Waals surface area contributed by atoms with Gasteiger partial charge in [0, 0.05) is 30.5 Å². The van der Waals surface area contributed by atoms with E-state index >= 15 is 0 Å². The quantitative estimate of drug-likeness (QED) is 0.886. The minimum absolute atomic E-state index is 0.807. The SMILES string of the molecule is COc1cc(NCc2cccc3c2NCC3)ccc1Br. The molecular formula is C16H17BrN2O. The molecule has 20 heavy (non-hydrogen) atoms. The number of hydrogen-bond donors (Lipinski definition) is 2. The smallest absolute Gasteiger partial charge is 0.135 e. The van der Waals surface area contributed by atoms with Gasteiger partial charge in [0.05, 0.1) is 11.6 Å². The molecule has 1 heterocycles. The summed E-state index contributed by atoms with van der Waals surface area (Å²) in [6.45, 7) is 1.85. The van der Waals surface area contributed by atoms with E-state index in [0.717, 1.165) is 35.4 Å². The van der Waals surface area contributed by atoms with Crippen LogP contribution in [0.15, 0.2) is 40.9 Å². The number of rotatable bonds is 4. The zero-order valence-corrected chi connectivity index (χ0v) is 13.0. The molecular weight excluding hydrogens is 316 g/mol. The highest BCUT2D eigenvalue weighted by Crippen LogP contribution is 2.30. The van der Waals surface area contributed by atoms with Gasteiger partial charge in [-0.25, -0.2) is 0 Å². The largest absolute Gasteiger partial charge is 0.495 e. The lowest BCUT2D eigenvalue weighted by Gasteiger charge is -2.12. The van der Waals surface area contributed by atoms with E-state index in [-0.39, 0.29) is 0 Å². The number of methoxy groups -OCH3 is 1. The Morgan fingerprint density at radius 1 is 1.30 bits per heavy atom. The molecule has 0 amide bonds. The second kappa shape index (κ2) is 5.75. The first-order valence-electron chi connectivity index (χ1n) is 6.70. The van der Waals surface area contributed by atoms with E-state index in [1.165, 1.54) is 16.8 Å². The lowest BCUT2D eigenvalue weighted by Crippen LogP contribution is -2.03. The van der Waals surface area contributed by atoms with Gasteiger partial charge in [-0.05, 0) is 45.6 Å². The van der Waals surface area contributed by atoms with Crippen molar-refractivity contribution in [1.29, 1.82) is 0 Å². The molecule has 1 aliphatic heterocycles. The van der Waals surface area contributed by atoms with Crippen LogP contribution < -0.4 is 15.4 Å². The van der Waals surface area contributed by atoms with E-state index in [9.17, 15) is 0 Å². The van der Waals surface area contributed by atoms with Gasteiger partial charge in [-0.2, -0.15) is 0 Å². The number of fused-ring (bicyclic) bond motifs is 1. The van der Waals surface area contributed by atoms with E-state index in [4.69, 9.17) is 4.74 Å². The summed E-state index contributed by atoms with van der Waals surface area (Å²) in [6, 6.07) is 12.5. The van der Waals surface area contributed by atoms with Crippen LogP contribution in [0.3, 0.4) is 0 Å².